The van der Waals surface area contributed by atoms with Gasteiger partial charge in [-0.25, -0.2) is 9.37 Å². The molecule has 2 N–H and O–H groups in total. The lowest BCUT2D eigenvalue weighted by molar-refractivity contribution is -0.132. The molecule has 1 saturated heterocycles. The molecule has 1 aliphatic heterocycles. The van der Waals surface area contributed by atoms with Gasteiger partial charge in [0.15, 0.2) is 0 Å². The predicted molar refractivity (Wildman–Crippen MR) is 139 cm³/mol. The predicted octanol–water partition coefficient (Wildman–Crippen LogP) is 5.90. The van der Waals surface area contributed by atoms with Crippen LogP contribution >= 0.6 is 0 Å². The number of halogens is 1. The fraction of sp³-hybridized carbons (Fsp3) is 0.207. The van der Waals surface area contributed by atoms with E-state index < -0.39 is 23.5 Å². The van der Waals surface area contributed by atoms with E-state index in [9.17, 15) is 19.1 Å². The lowest BCUT2D eigenvalue weighted by Gasteiger charge is -2.23. The van der Waals surface area contributed by atoms with Crippen LogP contribution in [0.2, 0.25) is 0 Å². The van der Waals surface area contributed by atoms with Crippen LogP contribution in [0.1, 0.15) is 43.4 Å². The van der Waals surface area contributed by atoms with Crippen LogP contribution in [-0.4, -0.2) is 33.4 Å². The fourth-order valence-corrected chi connectivity index (χ4v) is 4.47. The number of aliphatic hydroxyl groups is 1. The summed E-state index contributed by atoms with van der Waals surface area (Å²) in [6, 6.07) is 18.4. The Labute approximate surface area is 213 Å². The van der Waals surface area contributed by atoms with Crippen molar-refractivity contribution in [2.24, 2.45) is 0 Å². The molecule has 3 aromatic carbocycles. The summed E-state index contributed by atoms with van der Waals surface area (Å²) in [5.41, 5.74) is 2.02. The maximum Gasteiger partial charge on any atom is 0.302 e. The van der Waals surface area contributed by atoms with Gasteiger partial charge in [-0.2, -0.15) is 0 Å². The van der Waals surface area contributed by atoms with Crippen molar-refractivity contribution in [1.29, 1.82) is 0 Å². The smallest absolute Gasteiger partial charge is 0.302 e. The lowest BCUT2D eigenvalue weighted by atomic mass is 9.95. The van der Waals surface area contributed by atoms with Gasteiger partial charge in [-0.05, 0) is 60.5 Å². The highest BCUT2D eigenvalue weighted by atomic mass is 19.1. The van der Waals surface area contributed by atoms with Crippen LogP contribution in [0.25, 0.3) is 16.8 Å². The molecule has 1 atom stereocenters. The topological polar surface area (TPSA) is 95.5 Å². The zero-order chi connectivity index (χ0) is 25.9. The molecular weight excluding hydrogens is 473 g/mol. The number of ether oxygens (including phenoxy) is 1. The Morgan fingerprint density at radius 2 is 1.76 bits per heavy atom. The zero-order valence-electron chi connectivity index (χ0n) is 20.3. The highest BCUT2D eigenvalue weighted by Crippen LogP contribution is 2.41. The molecule has 0 spiro atoms. The second-order valence-corrected chi connectivity index (χ2v) is 8.88. The van der Waals surface area contributed by atoms with Crippen molar-refractivity contribution in [1.82, 2.24) is 9.97 Å². The van der Waals surface area contributed by atoms with Gasteiger partial charge in [0.25, 0.3) is 5.78 Å². The minimum absolute atomic E-state index is 0.103. The number of aliphatic hydroxyl groups excluding tert-OH is 1. The van der Waals surface area contributed by atoms with E-state index >= 15 is 0 Å². The number of aromatic amines is 1. The third-order valence-electron chi connectivity index (χ3n) is 6.38. The van der Waals surface area contributed by atoms with Crippen molar-refractivity contribution in [2.75, 3.05) is 11.5 Å². The summed E-state index contributed by atoms with van der Waals surface area (Å²) in [7, 11) is 0. The van der Waals surface area contributed by atoms with Crippen molar-refractivity contribution < 1.29 is 23.8 Å². The van der Waals surface area contributed by atoms with Crippen molar-refractivity contribution in [3.05, 3.63) is 95.3 Å². The number of aromatic nitrogens is 2. The molecule has 0 bridgehead atoms. The second-order valence-electron chi connectivity index (χ2n) is 8.88. The maximum atomic E-state index is 13.7. The van der Waals surface area contributed by atoms with Crippen LogP contribution in [0.3, 0.4) is 0 Å². The molecular formula is C29H26FN3O4. The van der Waals surface area contributed by atoms with E-state index in [2.05, 4.69) is 16.9 Å². The monoisotopic (exact) mass is 499 g/mol. The number of ketones is 1. The van der Waals surface area contributed by atoms with Crippen LogP contribution in [0.15, 0.2) is 78.4 Å². The number of nitrogens with zero attached hydrogens (tertiary/aromatic N) is 2. The third-order valence-corrected chi connectivity index (χ3v) is 6.38. The minimum Gasteiger partial charge on any atom is -0.507 e. The number of amides is 1. The first-order chi connectivity index (χ1) is 18.0. The van der Waals surface area contributed by atoms with E-state index in [0.717, 1.165) is 19.3 Å². The van der Waals surface area contributed by atoms with Gasteiger partial charge in [0.1, 0.15) is 17.3 Å². The molecule has 0 aliphatic carbocycles. The Hall–Kier alpha value is -4.46. The van der Waals surface area contributed by atoms with Crippen molar-refractivity contribution >= 4 is 34.4 Å². The summed E-state index contributed by atoms with van der Waals surface area (Å²) in [6.07, 6.45) is 3.12. The van der Waals surface area contributed by atoms with Crippen LogP contribution in [0.5, 0.6) is 5.75 Å². The molecule has 1 fully saturated rings. The van der Waals surface area contributed by atoms with E-state index in [-0.39, 0.29) is 17.3 Å². The van der Waals surface area contributed by atoms with Crippen LogP contribution in [0, 0.1) is 5.82 Å². The number of H-pyrrole nitrogens is 1. The molecule has 4 aromatic rings. The standard InChI is InChI=1S/C29H26FN3O4/c1-2-3-6-17-37-21-15-11-19(12-16-21)26(34)24-25(18-9-13-20(30)14-10-18)33(28(36)27(24)35)29-31-22-7-4-5-8-23(22)32-29/h4-5,7-16,25,34H,2-3,6,17H2,1H3,(H,31,32)/b26-24+. The molecule has 5 rings (SSSR count). The number of rotatable bonds is 8. The Morgan fingerprint density at radius 1 is 1.03 bits per heavy atom. The summed E-state index contributed by atoms with van der Waals surface area (Å²) in [4.78, 5) is 35.4. The maximum absolute atomic E-state index is 13.7. The summed E-state index contributed by atoms with van der Waals surface area (Å²) in [5.74, 6) is -1.68. The zero-order valence-corrected chi connectivity index (χ0v) is 20.3. The minimum atomic E-state index is -1.01. The molecule has 2 heterocycles. The normalized spacial score (nSPS) is 17.0. The van der Waals surface area contributed by atoms with Gasteiger partial charge in [-0.1, -0.05) is 44.0 Å². The molecule has 0 radical (unpaired) electrons. The lowest BCUT2D eigenvalue weighted by Crippen LogP contribution is -2.30. The Bertz CT molecular complexity index is 1440. The van der Waals surface area contributed by atoms with Gasteiger partial charge in [-0.3, -0.25) is 14.5 Å². The average Bonchev–Trinajstić information content (AvgIpc) is 3.45. The molecule has 1 amide bonds. The number of nitrogens with one attached hydrogen (secondary N) is 1. The van der Waals surface area contributed by atoms with E-state index in [1.165, 1.54) is 29.2 Å². The number of para-hydroxylation sites is 2. The third kappa shape index (κ3) is 4.70. The summed E-state index contributed by atoms with van der Waals surface area (Å²) < 4.78 is 19.5. The first kappa shape index (κ1) is 24.2. The molecule has 1 aromatic heterocycles. The van der Waals surface area contributed by atoms with E-state index in [1.54, 1.807) is 36.4 Å². The van der Waals surface area contributed by atoms with Crippen molar-refractivity contribution in [3.8, 4) is 5.75 Å². The Kier molecular flexibility index (Phi) is 6.72. The van der Waals surface area contributed by atoms with Crippen molar-refractivity contribution in [3.63, 3.8) is 0 Å². The highest BCUT2D eigenvalue weighted by Gasteiger charge is 2.48. The number of anilines is 1. The van der Waals surface area contributed by atoms with Gasteiger partial charge >= 0.3 is 5.91 Å². The number of Topliss-reactive ketones (excluding diaryl/α,β-unsaturated/α-hetero) is 1. The van der Waals surface area contributed by atoms with Crippen LogP contribution in [0.4, 0.5) is 10.3 Å². The van der Waals surface area contributed by atoms with E-state index in [0.29, 0.717) is 34.5 Å². The first-order valence-corrected chi connectivity index (χ1v) is 12.2. The number of carbonyl (C=O) groups excluding carboxylic acids is 2. The van der Waals surface area contributed by atoms with Gasteiger partial charge in [0.05, 0.1) is 29.3 Å². The molecule has 0 saturated carbocycles. The largest absolute Gasteiger partial charge is 0.507 e. The number of hydrogen-bond donors (Lipinski definition) is 2. The quantitative estimate of drug-likeness (QED) is 0.136. The van der Waals surface area contributed by atoms with Gasteiger partial charge in [0.2, 0.25) is 5.95 Å². The Balaban J connectivity index is 1.56. The number of imidazole rings is 1. The number of benzene rings is 3. The van der Waals surface area contributed by atoms with Crippen LogP contribution < -0.4 is 9.64 Å². The number of carbonyl (C=O) groups is 2. The summed E-state index contributed by atoms with van der Waals surface area (Å²) in [6.45, 7) is 2.71. The summed E-state index contributed by atoms with van der Waals surface area (Å²) >= 11 is 0. The number of hydrogen-bond acceptors (Lipinski definition) is 5. The molecule has 1 aliphatic rings. The molecule has 8 heteroatoms. The SMILES string of the molecule is CCCCCOc1ccc(/C(O)=C2\C(=O)C(=O)N(c3nc4ccccc4[nH]3)C2c2ccc(F)cc2)cc1. The first-order valence-electron chi connectivity index (χ1n) is 12.2. The average molecular weight is 500 g/mol. The number of unbranched alkanes of at least 4 members (excludes halogenated alkanes) is 2. The van der Waals surface area contributed by atoms with Gasteiger partial charge in [0, 0.05) is 5.56 Å². The summed E-state index contributed by atoms with van der Waals surface area (Å²) in [5, 5.41) is 11.3. The van der Waals surface area contributed by atoms with E-state index in [4.69, 9.17) is 4.74 Å². The second kappa shape index (κ2) is 10.3. The van der Waals surface area contributed by atoms with Gasteiger partial charge in [-0.15, -0.1) is 0 Å². The Morgan fingerprint density at radius 3 is 2.46 bits per heavy atom. The van der Waals surface area contributed by atoms with Crippen molar-refractivity contribution in [2.45, 2.75) is 32.2 Å². The molecule has 188 valence electrons. The van der Waals surface area contributed by atoms with Crippen LogP contribution in [-0.2, 0) is 9.59 Å². The van der Waals surface area contributed by atoms with E-state index in [1.807, 2.05) is 12.1 Å². The van der Waals surface area contributed by atoms with Gasteiger partial charge < -0.3 is 14.8 Å². The molecule has 7 nitrogen and oxygen atoms in total. The molecule has 37 heavy (non-hydrogen) atoms. The fourth-order valence-electron chi connectivity index (χ4n) is 4.47. The highest BCUT2D eigenvalue weighted by molar-refractivity contribution is 6.51. The molecule has 1 unspecified atom stereocenters. The number of fused-ring (bicyclic) bond motifs is 1.